The molecule has 0 unspecified atom stereocenters. The number of nitrogens with zero attached hydrogens (tertiary/aromatic N) is 2. The Morgan fingerprint density at radius 2 is 1.14 bits per heavy atom. The summed E-state index contributed by atoms with van der Waals surface area (Å²) in [7, 11) is -5.18. The van der Waals surface area contributed by atoms with E-state index in [1.807, 2.05) is 0 Å². The van der Waals surface area contributed by atoms with Crippen molar-refractivity contribution in [3.8, 4) is 0 Å². The molecule has 0 N–H and O–H groups in total. The molecule has 202 valence electrons. The molecule has 2 rings (SSSR count). The lowest BCUT2D eigenvalue weighted by atomic mass is 10.3. The number of benzene rings is 2. The normalized spacial score (nSPS) is 10.0. The highest BCUT2D eigenvalue weighted by molar-refractivity contribution is 9.10. The van der Waals surface area contributed by atoms with Crippen LogP contribution in [0.2, 0.25) is 0 Å². The number of nitro groups is 2. The second kappa shape index (κ2) is 20.0. The van der Waals surface area contributed by atoms with E-state index in [1.165, 1.54) is 36.4 Å². The van der Waals surface area contributed by atoms with Gasteiger partial charge in [0.15, 0.2) is 0 Å². The van der Waals surface area contributed by atoms with E-state index in [0.29, 0.717) is 18.5 Å². The molecule has 15 heteroatoms. The fourth-order valence-corrected chi connectivity index (χ4v) is 4.42. The Kier molecular flexibility index (Phi) is 20.0. The Hall–Kier alpha value is -2.11. The van der Waals surface area contributed by atoms with Crippen LogP contribution < -0.4 is 5.30 Å². The maximum atomic E-state index is 12.3. The second-order valence-electron chi connectivity index (χ2n) is 5.90. The van der Waals surface area contributed by atoms with Crippen LogP contribution in [0, 0.1) is 20.2 Å². The van der Waals surface area contributed by atoms with Gasteiger partial charge in [-0.1, -0.05) is 23.4 Å². The highest BCUT2D eigenvalue weighted by Gasteiger charge is 2.27. The van der Waals surface area contributed by atoms with E-state index in [4.69, 9.17) is 9.05 Å². The molecular weight excluding hydrogens is 582 g/mol. The number of hydrogen-bond acceptors (Lipinski definition) is 10. The van der Waals surface area contributed by atoms with Crippen molar-refractivity contribution < 1.29 is 37.1 Å². The number of halogens is 1. The van der Waals surface area contributed by atoms with Crippen LogP contribution in [0.25, 0.3) is 0 Å². The highest BCUT2D eigenvalue weighted by atomic mass is 79.9. The molecule has 0 aliphatic carbocycles. The summed E-state index contributed by atoms with van der Waals surface area (Å²) in [4.78, 5) is 19.6. The minimum absolute atomic E-state index is 0. The maximum absolute atomic E-state index is 12.3. The highest BCUT2D eigenvalue weighted by Crippen LogP contribution is 2.46. The molecule has 0 radical (unpaired) electrons. The molecule has 12 nitrogen and oxygen atoms in total. The first-order valence-electron chi connectivity index (χ1n) is 10.3. The largest absolute Gasteiger partial charge is 0.697 e. The monoisotopic (exact) mass is 613 g/mol. The van der Waals surface area contributed by atoms with Crippen molar-refractivity contribution in [3.05, 3.63) is 73.2 Å². The van der Waals surface area contributed by atoms with E-state index in [2.05, 4.69) is 25.0 Å². The van der Waals surface area contributed by atoms with Crippen LogP contribution >= 0.6 is 31.8 Å². The van der Waals surface area contributed by atoms with Gasteiger partial charge in [0.05, 0.1) is 28.4 Å². The molecule has 0 heterocycles. The topological polar surface area (TPSA) is 157 Å². The van der Waals surface area contributed by atoms with Gasteiger partial charge in [-0.2, -0.15) is 0 Å². The molecular formula is C21H32BrN2O10P2+. The Morgan fingerprint density at radius 1 is 0.778 bits per heavy atom. The zero-order valence-corrected chi connectivity index (χ0v) is 23.1. The molecule has 36 heavy (non-hydrogen) atoms. The average molecular weight is 614 g/mol. The van der Waals surface area contributed by atoms with Crippen molar-refractivity contribution in [1.82, 2.24) is 0 Å². The van der Waals surface area contributed by atoms with Crippen LogP contribution in [0.3, 0.4) is 0 Å². The smallest absolute Gasteiger partial charge is 0.305 e. The predicted octanol–water partition coefficient (Wildman–Crippen LogP) is 7.20. The third-order valence-electron chi connectivity index (χ3n) is 3.48. The minimum atomic E-state index is -3.34. The van der Waals surface area contributed by atoms with E-state index < -0.39 is 25.7 Å². The summed E-state index contributed by atoms with van der Waals surface area (Å²) in [6, 6.07) is 11.5. The standard InChI is InChI=1S/C10H14NO5P.C6H4BrNO2.C4H10O3P.CH4/c1-3-15-17(14,16-4-2)10-7-5-9(6-8-10)11(12)13;7-5-1-3-6(4-2-5)8(9)10;1-3-6-8(5)7-4-2;/h5-8H,3-4H2,1-2H3;1-4H;3-4H2,1-2H3;1H4/q;;+1;. The molecule has 0 atom stereocenters. The van der Waals surface area contributed by atoms with Gasteiger partial charge in [0.2, 0.25) is 0 Å². The number of nitro benzene ring substituents is 2. The van der Waals surface area contributed by atoms with E-state index in [0.717, 1.165) is 4.47 Å². The first-order valence-corrected chi connectivity index (χ1v) is 13.7. The lowest BCUT2D eigenvalue weighted by Crippen LogP contribution is -2.10. The lowest BCUT2D eigenvalue weighted by molar-refractivity contribution is -0.385. The van der Waals surface area contributed by atoms with Crippen molar-refractivity contribution in [2.75, 3.05) is 26.4 Å². The van der Waals surface area contributed by atoms with Crippen molar-refractivity contribution >= 4 is 48.5 Å². The van der Waals surface area contributed by atoms with Crippen LogP contribution in [0.1, 0.15) is 35.1 Å². The van der Waals surface area contributed by atoms with Crippen molar-refractivity contribution in [1.29, 1.82) is 0 Å². The van der Waals surface area contributed by atoms with Crippen molar-refractivity contribution in [2.24, 2.45) is 0 Å². The van der Waals surface area contributed by atoms with Crippen molar-refractivity contribution in [3.63, 3.8) is 0 Å². The minimum Gasteiger partial charge on any atom is -0.305 e. The second-order valence-corrected chi connectivity index (χ2v) is 9.81. The summed E-state index contributed by atoms with van der Waals surface area (Å²) in [6.45, 7) is 8.32. The van der Waals surface area contributed by atoms with Crippen LogP contribution in [0.15, 0.2) is 53.0 Å². The molecule has 0 aliphatic heterocycles. The Morgan fingerprint density at radius 3 is 1.44 bits per heavy atom. The molecule has 0 amide bonds. The molecule has 0 bridgehead atoms. The van der Waals surface area contributed by atoms with Crippen LogP contribution in [-0.2, 0) is 27.2 Å². The van der Waals surface area contributed by atoms with Gasteiger partial charge in [-0.25, -0.2) is 0 Å². The summed E-state index contributed by atoms with van der Waals surface area (Å²) in [5.74, 6) is 0. The van der Waals surface area contributed by atoms with Gasteiger partial charge in [0.25, 0.3) is 11.4 Å². The van der Waals surface area contributed by atoms with Gasteiger partial charge in [-0.15, -0.1) is 9.05 Å². The summed E-state index contributed by atoms with van der Waals surface area (Å²) >= 11 is 3.17. The zero-order chi connectivity index (χ0) is 26.9. The molecule has 0 saturated heterocycles. The molecule has 0 saturated carbocycles. The fourth-order valence-electron chi connectivity index (χ4n) is 2.09. The predicted molar refractivity (Wildman–Crippen MR) is 142 cm³/mol. The first-order chi connectivity index (χ1) is 16.5. The molecule has 0 aliphatic rings. The molecule has 0 spiro atoms. The molecule has 0 aromatic heterocycles. The third kappa shape index (κ3) is 14.4. The Balaban J connectivity index is 0. The Labute approximate surface area is 220 Å². The fraction of sp³-hybridized carbons (Fsp3) is 0.429. The average Bonchev–Trinajstić information content (AvgIpc) is 2.81. The first kappa shape index (κ1) is 36.0. The molecule has 0 fully saturated rings. The van der Waals surface area contributed by atoms with E-state index >= 15 is 0 Å². The van der Waals surface area contributed by atoms with Gasteiger partial charge in [0.1, 0.15) is 13.2 Å². The zero-order valence-electron chi connectivity index (χ0n) is 19.7. The van der Waals surface area contributed by atoms with Gasteiger partial charge in [-0.3, -0.25) is 24.8 Å². The number of hydrogen-bond donors (Lipinski definition) is 0. The van der Waals surface area contributed by atoms with Gasteiger partial charge < -0.3 is 9.05 Å². The van der Waals surface area contributed by atoms with Crippen LogP contribution in [0.4, 0.5) is 11.4 Å². The lowest BCUT2D eigenvalue weighted by Gasteiger charge is -2.16. The maximum Gasteiger partial charge on any atom is 0.697 e. The van der Waals surface area contributed by atoms with Crippen LogP contribution in [0.5, 0.6) is 0 Å². The SMILES string of the molecule is C.CCOP(=O)(OCC)c1ccc([N+](=O)[O-])cc1.CCO[P+](=O)OCC.O=[N+]([O-])c1ccc(Br)cc1. The van der Waals surface area contributed by atoms with Crippen molar-refractivity contribution in [2.45, 2.75) is 35.1 Å². The van der Waals surface area contributed by atoms with E-state index in [1.54, 1.807) is 39.8 Å². The van der Waals surface area contributed by atoms with E-state index in [9.17, 15) is 29.4 Å². The van der Waals surface area contributed by atoms with E-state index in [-0.39, 0.29) is 32.0 Å². The van der Waals surface area contributed by atoms with Gasteiger partial charge >= 0.3 is 15.9 Å². The summed E-state index contributed by atoms with van der Waals surface area (Å²) in [6.07, 6.45) is 0. The molecule has 2 aromatic carbocycles. The Bertz CT molecular complexity index is 958. The summed E-state index contributed by atoms with van der Waals surface area (Å²) in [5, 5.41) is 20.9. The van der Waals surface area contributed by atoms with Gasteiger partial charge in [-0.05, 0) is 52.0 Å². The molecule has 2 aromatic rings. The third-order valence-corrected chi connectivity index (χ3v) is 7.07. The van der Waals surface area contributed by atoms with Gasteiger partial charge in [0, 0.05) is 33.3 Å². The number of rotatable bonds is 11. The number of non-ortho nitro benzene ring substituents is 2. The van der Waals surface area contributed by atoms with Crippen LogP contribution in [-0.4, -0.2) is 36.3 Å². The summed E-state index contributed by atoms with van der Waals surface area (Å²) in [5.41, 5.74) is 0.0523. The quantitative estimate of drug-likeness (QED) is 0.144. The summed E-state index contributed by atoms with van der Waals surface area (Å²) < 4.78 is 42.9.